The van der Waals surface area contributed by atoms with Crippen molar-refractivity contribution in [3.8, 4) is 0 Å². The van der Waals surface area contributed by atoms with Crippen molar-refractivity contribution in [2.24, 2.45) is 0 Å². The van der Waals surface area contributed by atoms with Gasteiger partial charge in [-0.3, -0.25) is 4.57 Å². The maximum Gasteiger partial charge on any atom is 0.369 e. The van der Waals surface area contributed by atoms with Crippen molar-refractivity contribution >= 4 is 19.4 Å². The van der Waals surface area contributed by atoms with Gasteiger partial charge in [-0.15, -0.1) is 11.8 Å². The average Bonchev–Trinajstić information content (AvgIpc) is 2.67. The molecule has 1 heterocycles. The molecular formula is C8H17O5PS. The molecule has 0 amide bonds. The molecule has 90 valence electrons. The third-order valence-electron chi connectivity index (χ3n) is 1.81. The van der Waals surface area contributed by atoms with E-state index in [2.05, 4.69) is 0 Å². The fourth-order valence-electron chi connectivity index (χ4n) is 1.21. The smallest absolute Gasteiger partial charge is 0.369 e. The first-order valence-corrected chi connectivity index (χ1v) is 7.59. The number of aliphatic hydroxyl groups is 1. The summed E-state index contributed by atoms with van der Waals surface area (Å²) in [5.74, 6) is 0.616. The Hall–Kier alpha value is 0.420. The van der Waals surface area contributed by atoms with Crippen LogP contribution in [0.2, 0.25) is 0 Å². The normalized spacial score (nSPS) is 27.1. The lowest BCUT2D eigenvalue weighted by atomic mass is 10.4. The van der Waals surface area contributed by atoms with E-state index in [1.54, 1.807) is 13.8 Å². The molecule has 0 aromatic carbocycles. The fourth-order valence-corrected chi connectivity index (χ4v) is 4.72. The van der Waals surface area contributed by atoms with Crippen molar-refractivity contribution < 1.29 is 23.5 Å². The van der Waals surface area contributed by atoms with Crippen molar-refractivity contribution in [1.29, 1.82) is 0 Å². The van der Waals surface area contributed by atoms with Crippen molar-refractivity contribution in [1.82, 2.24) is 0 Å². The summed E-state index contributed by atoms with van der Waals surface area (Å²) < 4.78 is 27.9. The van der Waals surface area contributed by atoms with Crippen molar-refractivity contribution in [3.63, 3.8) is 0 Å². The monoisotopic (exact) mass is 256 g/mol. The molecule has 1 aliphatic rings. The van der Waals surface area contributed by atoms with Crippen LogP contribution in [-0.4, -0.2) is 42.0 Å². The third-order valence-corrected chi connectivity index (χ3v) is 5.87. The highest BCUT2D eigenvalue weighted by Crippen LogP contribution is 2.59. The third kappa shape index (κ3) is 3.44. The van der Waals surface area contributed by atoms with Gasteiger partial charge in [-0.1, -0.05) is 0 Å². The molecule has 15 heavy (non-hydrogen) atoms. The molecule has 0 radical (unpaired) electrons. The molecule has 0 bridgehead atoms. The van der Waals surface area contributed by atoms with Crippen molar-refractivity contribution in [3.05, 3.63) is 0 Å². The van der Waals surface area contributed by atoms with Crippen LogP contribution in [0.15, 0.2) is 0 Å². The van der Waals surface area contributed by atoms with Gasteiger partial charge in [0.05, 0.1) is 25.9 Å². The highest BCUT2D eigenvalue weighted by Gasteiger charge is 2.42. The van der Waals surface area contributed by atoms with Crippen LogP contribution in [0.3, 0.4) is 0 Å². The summed E-state index contributed by atoms with van der Waals surface area (Å²) in [7, 11) is -3.19. The minimum atomic E-state index is -3.19. The standard InChI is InChI=1S/C8H17O5PS/c1-3-11-14(10,12-4-2)8-13-7(5-9)6-15-8/h7-9H,3-6H2,1-2H3. The van der Waals surface area contributed by atoms with E-state index in [0.29, 0.717) is 19.0 Å². The highest BCUT2D eigenvalue weighted by molar-refractivity contribution is 8.05. The lowest BCUT2D eigenvalue weighted by molar-refractivity contribution is 0.0392. The number of thioether (sulfide) groups is 1. The van der Waals surface area contributed by atoms with Gasteiger partial charge in [0.15, 0.2) is 0 Å². The molecule has 2 unspecified atom stereocenters. The Bertz CT molecular complexity index is 227. The van der Waals surface area contributed by atoms with E-state index in [4.69, 9.17) is 18.9 Å². The molecular weight excluding hydrogens is 239 g/mol. The molecule has 1 fully saturated rings. The van der Waals surface area contributed by atoms with E-state index >= 15 is 0 Å². The molecule has 1 saturated heterocycles. The number of hydrogen-bond donors (Lipinski definition) is 1. The minimum Gasteiger partial charge on any atom is -0.394 e. The van der Waals surface area contributed by atoms with E-state index < -0.39 is 12.8 Å². The molecule has 0 aromatic rings. The van der Waals surface area contributed by atoms with Crippen LogP contribution in [0.25, 0.3) is 0 Å². The first-order chi connectivity index (χ1) is 7.16. The van der Waals surface area contributed by atoms with E-state index in [-0.39, 0.29) is 12.7 Å². The molecule has 0 saturated carbocycles. The molecule has 1 rings (SSSR count). The lowest BCUT2D eigenvalue weighted by Crippen LogP contribution is -2.17. The molecule has 0 aromatic heterocycles. The minimum absolute atomic E-state index is 0.0677. The van der Waals surface area contributed by atoms with Crippen LogP contribution in [-0.2, 0) is 18.3 Å². The topological polar surface area (TPSA) is 65.0 Å². The summed E-state index contributed by atoms with van der Waals surface area (Å²) >= 11 is 1.37. The Balaban J connectivity index is 2.61. The quantitative estimate of drug-likeness (QED) is 0.729. The lowest BCUT2D eigenvalue weighted by Gasteiger charge is -2.21. The molecule has 1 aliphatic heterocycles. The second-order valence-electron chi connectivity index (χ2n) is 2.96. The van der Waals surface area contributed by atoms with Gasteiger partial charge in [0.2, 0.25) is 5.18 Å². The first kappa shape index (κ1) is 13.5. The van der Waals surface area contributed by atoms with E-state index in [9.17, 15) is 4.57 Å². The van der Waals surface area contributed by atoms with E-state index in [0.717, 1.165) is 0 Å². The largest absolute Gasteiger partial charge is 0.394 e. The predicted octanol–water partition coefficient (Wildman–Crippen LogP) is 1.66. The van der Waals surface area contributed by atoms with Gasteiger partial charge in [0, 0.05) is 5.75 Å². The Morgan fingerprint density at radius 2 is 2.07 bits per heavy atom. The fraction of sp³-hybridized carbons (Fsp3) is 1.00. The number of rotatable bonds is 6. The van der Waals surface area contributed by atoms with Crippen LogP contribution in [0.4, 0.5) is 0 Å². The zero-order valence-electron chi connectivity index (χ0n) is 8.92. The zero-order chi connectivity index (χ0) is 11.3. The van der Waals surface area contributed by atoms with Crippen molar-refractivity contribution in [2.45, 2.75) is 25.1 Å². The van der Waals surface area contributed by atoms with Crippen LogP contribution in [0, 0.1) is 0 Å². The van der Waals surface area contributed by atoms with Crippen LogP contribution in [0.5, 0.6) is 0 Å². The Kier molecular flexibility index (Phi) is 5.60. The van der Waals surface area contributed by atoms with Gasteiger partial charge in [-0.25, -0.2) is 0 Å². The Morgan fingerprint density at radius 3 is 2.47 bits per heavy atom. The zero-order valence-corrected chi connectivity index (χ0v) is 10.6. The Labute approximate surface area is 94.0 Å². The molecule has 1 N–H and O–H groups in total. The maximum atomic E-state index is 12.2. The van der Waals surface area contributed by atoms with Gasteiger partial charge in [0.25, 0.3) is 0 Å². The SMILES string of the molecule is CCOP(=O)(OCC)C1OC(CO)CS1. The predicted molar refractivity (Wildman–Crippen MR) is 59.1 cm³/mol. The summed E-state index contributed by atoms with van der Waals surface area (Å²) in [5.41, 5.74) is 0. The molecule has 7 heteroatoms. The van der Waals surface area contributed by atoms with Gasteiger partial charge >= 0.3 is 7.60 Å². The number of hydrogen-bond acceptors (Lipinski definition) is 6. The van der Waals surface area contributed by atoms with Crippen LogP contribution < -0.4 is 0 Å². The number of aliphatic hydroxyl groups excluding tert-OH is 1. The van der Waals surface area contributed by atoms with E-state index in [1.165, 1.54) is 11.8 Å². The van der Waals surface area contributed by atoms with Gasteiger partial charge in [-0.05, 0) is 13.8 Å². The van der Waals surface area contributed by atoms with Crippen LogP contribution >= 0.6 is 19.4 Å². The number of ether oxygens (including phenoxy) is 1. The first-order valence-electron chi connectivity index (χ1n) is 4.93. The molecule has 5 nitrogen and oxygen atoms in total. The second kappa shape index (κ2) is 6.23. The summed E-state index contributed by atoms with van der Waals surface area (Å²) in [6, 6.07) is 0. The van der Waals surface area contributed by atoms with E-state index in [1.807, 2.05) is 0 Å². The summed E-state index contributed by atoms with van der Waals surface area (Å²) in [6.45, 7) is 4.09. The summed E-state index contributed by atoms with van der Waals surface area (Å²) in [4.78, 5) is 0. The highest BCUT2D eigenvalue weighted by atomic mass is 32.2. The van der Waals surface area contributed by atoms with Gasteiger partial charge in [0.1, 0.15) is 0 Å². The van der Waals surface area contributed by atoms with Gasteiger partial charge in [-0.2, -0.15) is 0 Å². The summed E-state index contributed by atoms with van der Waals surface area (Å²) in [5, 5.41) is 8.30. The molecule has 2 atom stereocenters. The van der Waals surface area contributed by atoms with Gasteiger partial charge < -0.3 is 18.9 Å². The average molecular weight is 256 g/mol. The Morgan fingerprint density at radius 1 is 1.47 bits per heavy atom. The second-order valence-corrected chi connectivity index (χ2v) is 6.47. The maximum absolute atomic E-state index is 12.2. The molecule has 0 spiro atoms. The van der Waals surface area contributed by atoms with Crippen LogP contribution in [0.1, 0.15) is 13.8 Å². The summed E-state index contributed by atoms with van der Waals surface area (Å²) in [6.07, 6.45) is -0.269. The molecule has 0 aliphatic carbocycles. The van der Waals surface area contributed by atoms with Crippen molar-refractivity contribution in [2.75, 3.05) is 25.6 Å².